The van der Waals surface area contributed by atoms with Gasteiger partial charge in [-0.3, -0.25) is 4.79 Å². The Morgan fingerprint density at radius 2 is 1.84 bits per heavy atom. The molecule has 0 amide bonds. The lowest BCUT2D eigenvalue weighted by Crippen LogP contribution is -2.47. The highest BCUT2D eigenvalue weighted by Gasteiger charge is 2.30. The lowest BCUT2D eigenvalue weighted by atomic mass is 9.85. The summed E-state index contributed by atoms with van der Waals surface area (Å²) in [4.78, 5) is 11.0. The van der Waals surface area contributed by atoms with Crippen molar-refractivity contribution < 1.29 is 9.90 Å². The van der Waals surface area contributed by atoms with Gasteiger partial charge in [0.15, 0.2) is 0 Å². The number of hydrogen-bond acceptors (Lipinski definition) is 3. The second-order valence-electron chi connectivity index (χ2n) is 5.94. The topological polar surface area (TPSA) is 49.3 Å². The summed E-state index contributed by atoms with van der Waals surface area (Å²) in [6.45, 7) is 2.24. The van der Waals surface area contributed by atoms with Gasteiger partial charge in [0.25, 0.3) is 0 Å². The van der Waals surface area contributed by atoms with Gasteiger partial charge in [-0.05, 0) is 44.3 Å². The van der Waals surface area contributed by atoms with Crippen LogP contribution in [-0.2, 0) is 4.79 Å². The van der Waals surface area contributed by atoms with Gasteiger partial charge in [-0.2, -0.15) is 11.8 Å². The minimum absolute atomic E-state index is 0.0924. The molecule has 0 aliphatic heterocycles. The molecule has 3 nitrogen and oxygen atoms in total. The second-order valence-corrected chi connectivity index (χ2v) is 7.45. The Labute approximate surface area is 120 Å². The monoisotopic (exact) mass is 285 g/mol. The Balaban J connectivity index is 1.78. The summed E-state index contributed by atoms with van der Waals surface area (Å²) in [7, 11) is 0. The fraction of sp³-hybridized carbons (Fsp3) is 0.933. The molecule has 2 unspecified atom stereocenters. The Morgan fingerprint density at radius 3 is 2.47 bits per heavy atom. The van der Waals surface area contributed by atoms with Crippen LogP contribution in [0.3, 0.4) is 0 Å². The SMILES string of the molecule is CCSC1CCCCC1NC1CCC(C(=O)O)CC1. The number of carboxylic acid groups (broad SMARTS) is 1. The molecule has 2 atom stereocenters. The second kappa shape index (κ2) is 7.53. The van der Waals surface area contributed by atoms with Crippen LogP contribution in [0, 0.1) is 5.92 Å². The summed E-state index contributed by atoms with van der Waals surface area (Å²) in [5, 5.41) is 13.6. The molecule has 0 spiro atoms. The number of nitrogens with one attached hydrogen (secondary N) is 1. The van der Waals surface area contributed by atoms with Gasteiger partial charge in [-0.25, -0.2) is 0 Å². The van der Waals surface area contributed by atoms with Crippen LogP contribution >= 0.6 is 11.8 Å². The van der Waals surface area contributed by atoms with Gasteiger partial charge in [-0.1, -0.05) is 19.8 Å². The van der Waals surface area contributed by atoms with Gasteiger partial charge < -0.3 is 10.4 Å². The Kier molecular flexibility index (Phi) is 6.02. The number of rotatable bonds is 5. The van der Waals surface area contributed by atoms with E-state index in [1.165, 1.54) is 31.4 Å². The van der Waals surface area contributed by atoms with Crippen LogP contribution in [0.1, 0.15) is 58.3 Å². The summed E-state index contributed by atoms with van der Waals surface area (Å²) in [5.41, 5.74) is 0. The quantitative estimate of drug-likeness (QED) is 0.814. The van der Waals surface area contributed by atoms with Crippen molar-refractivity contribution in [2.45, 2.75) is 75.6 Å². The molecule has 4 heteroatoms. The van der Waals surface area contributed by atoms with Crippen LogP contribution in [0.5, 0.6) is 0 Å². The number of carbonyl (C=O) groups is 1. The van der Waals surface area contributed by atoms with Gasteiger partial charge in [0.2, 0.25) is 0 Å². The van der Waals surface area contributed by atoms with Gasteiger partial charge in [0.1, 0.15) is 0 Å². The van der Waals surface area contributed by atoms with Crippen LogP contribution in [0.15, 0.2) is 0 Å². The van der Waals surface area contributed by atoms with E-state index in [9.17, 15) is 4.79 Å². The van der Waals surface area contributed by atoms with Crippen LogP contribution in [0.2, 0.25) is 0 Å². The van der Waals surface area contributed by atoms with Gasteiger partial charge >= 0.3 is 5.97 Å². The number of thioether (sulfide) groups is 1. The van der Waals surface area contributed by atoms with Crippen LogP contribution in [0.25, 0.3) is 0 Å². The average molecular weight is 285 g/mol. The van der Waals surface area contributed by atoms with E-state index in [0.717, 1.165) is 30.9 Å². The van der Waals surface area contributed by atoms with Crippen molar-refractivity contribution in [1.82, 2.24) is 5.32 Å². The minimum Gasteiger partial charge on any atom is -0.481 e. The average Bonchev–Trinajstić information content (AvgIpc) is 2.42. The summed E-state index contributed by atoms with van der Waals surface area (Å²) >= 11 is 2.10. The molecule has 0 aromatic carbocycles. The van der Waals surface area contributed by atoms with Crippen LogP contribution in [0.4, 0.5) is 0 Å². The highest BCUT2D eigenvalue weighted by atomic mass is 32.2. The predicted molar refractivity (Wildman–Crippen MR) is 80.7 cm³/mol. The van der Waals surface area contributed by atoms with Crippen LogP contribution < -0.4 is 5.32 Å². The molecule has 2 aliphatic carbocycles. The molecule has 2 aliphatic rings. The van der Waals surface area contributed by atoms with Gasteiger partial charge in [-0.15, -0.1) is 0 Å². The first-order valence-electron chi connectivity index (χ1n) is 7.81. The zero-order chi connectivity index (χ0) is 13.7. The zero-order valence-electron chi connectivity index (χ0n) is 11.9. The maximum absolute atomic E-state index is 11.0. The van der Waals surface area contributed by atoms with Crippen LogP contribution in [-0.4, -0.2) is 34.2 Å². The highest BCUT2D eigenvalue weighted by Crippen LogP contribution is 2.31. The first-order chi connectivity index (χ1) is 9.20. The third-order valence-electron chi connectivity index (χ3n) is 4.61. The number of carboxylic acids is 1. The Hall–Kier alpha value is -0.220. The standard InChI is InChI=1S/C15H27NO2S/c1-2-19-14-6-4-3-5-13(14)16-12-9-7-11(8-10-12)15(17)18/h11-14,16H,2-10H2,1H3,(H,17,18). The summed E-state index contributed by atoms with van der Waals surface area (Å²) in [6, 6.07) is 1.21. The molecule has 2 rings (SSSR count). The molecule has 0 aromatic rings. The minimum atomic E-state index is -0.601. The Morgan fingerprint density at radius 1 is 1.16 bits per heavy atom. The molecule has 0 aromatic heterocycles. The zero-order valence-corrected chi connectivity index (χ0v) is 12.8. The maximum Gasteiger partial charge on any atom is 0.306 e. The number of aliphatic carboxylic acids is 1. The van der Waals surface area contributed by atoms with E-state index < -0.39 is 5.97 Å². The molecule has 2 fully saturated rings. The fourth-order valence-corrected chi connectivity index (χ4v) is 4.72. The van der Waals surface area contributed by atoms with E-state index in [1.807, 2.05) is 0 Å². The summed E-state index contributed by atoms with van der Waals surface area (Å²) in [5.74, 6) is 0.509. The van der Waals surface area contributed by atoms with Crippen molar-refractivity contribution in [3.05, 3.63) is 0 Å². The molecule has 19 heavy (non-hydrogen) atoms. The normalized spacial score (nSPS) is 36.1. The van der Waals surface area contributed by atoms with Gasteiger partial charge in [0, 0.05) is 17.3 Å². The summed E-state index contributed by atoms with van der Waals surface area (Å²) in [6.07, 6.45) is 9.16. The van der Waals surface area contributed by atoms with Crippen molar-refractivity contribution >= 4 is 17.7 Å². The third kappa shape index (κ3) is 4.38. The maximum atomic E-state index is 11.0. The Bertz CT molecular complexity index is 288. The number of hydrogen-bond donors (Lipinski definition) is 2. The van der Waals surface area contributed by atoms with Crippen molar-refractivity contribution in [1.29, 1.82) is 0 Å². The predicted octanol–water partition coefficient (Wildman–Crippen LogP) is 3.28. The van der Waals surface area contributed by atoms with E-state index in [4.69, 9.17) is 5.11 Å². The molecular formula is C15H27NO2S. The molecular weight excluding hydrogens is 258 g/mol. The largest absolute Gasteiger partial charge is 0.481 e. The first-order valence-corrected chi connectivity index (χ1v) is 8.86. The smallest absolute Gasteiger partial charge is 0.306 e. The molecule has 0 saturated heterocycles. The molecule has 2 N–H and O–H groups in total. The highest BCUT2D eigenvalue weighted by molar-refractivity contribution is 7.99. The van der Waals surface area contributed by atoms with E-state index >= 15 is 0 Å². The fourth-order valence-electron chi connectivity index (χ4n) is 3.51. The van der Waals surface area contributed by atoms with E-state index in [2.05, 4.69) is 24.0 Å². The van der Waals surface area contributed by atoms with E-state index in [1.54, 1.807) is 0 Å². The van der Waals surface area contributed by atoms with Crippen molar-refractivity contribution in [2.24, 2.45) is 5.92 Å². The molecule has 2 saturated carbocycles. The van der Waals surface area contributed by atoms with E-state index in [0.29, 0.717) is 12.1 Å². The lowest BCUT2D eigenvalue weighted by molar-refractivity contribution is -0.142. The van der Waals surface area contributed by atoms with E-state index in [-0.39, 0.29) is 5.92 Å². The lowest BCUT2D eigenvalue weighted by Gasteiger charge is -2.37. The van der Waals surface area contributed by atoms with Gasteiger partial charge in [0.05, 0.1) is 5.92 Å². The third-order valence-corrected chi connectivity index (χ3v) is 5.94. The molecule has 0 bridgehead atoms. The molecule has 110 valence electrons. The molecule has 0 heterocycles. The first kappa shape index (κ1) is 15.2. The van der Waals surface area contributed by atoms with Crippen molar-refractivity contribution in [2.75, 3.05) is 5.75 Å². The van der Waals surface area contributed by atoms with Crippen molar-refractivity contribution in [3.63, 3.8) is 0 Å². The van der Waals surface area contributed by atoms with Crippen molar-refractivity contribution in [3.8, 4) is 0 Å². The molecule has 0 radical (unpaired) electrons. The summed E-state index contributed by atoms with van der Waals surface area (Å²) < 4.78 is 0.